The number of fused-ring (bicyclic) bond motifs is 7. The molecule has 32 heavy (non-hydrogen) atoms. The maximum atomic E-state index is 10.9. The molecule has 0 amide bonds. The first kappa shape index (κ1) is 23.7. The summed E-state index contributed by atoms with van der Waals surface area (Å²) in [6.07, 6.45) is 13.5. The molecule has 0 aromatic carbocycles. The second kappa shape index (κ2) is 6.79. The molecule has 1 nitrogen and oxygen atoms in total. The van der Waals surface area contributed by atoms with Crippen molar-refractivity contribution in [2.24, 2.45) is 62.1 Å². The largest absolute Gasteiger partial charge is 0.393 e. The van der Waals surface area contributed by atoms with Crippen molar-refractivity contribution < 1.29 is 5.11 Å². The lowest BCUT2D eigenvalue weighted by Gasteiger charge is -2.75. The summed E-state index contributed by atoms with van der Waals surface area (Å²) < 4.78 is 0. The summed E-state index contributed by atoms with van der Waals surface area (Å²) in [7, 11) is 0. The lowest BCUT2D eigenvalue weighted by Crippen LogP contribution is -2.68. The highest BCUT2D eigenvalue weighted by Gasteiger charge is 2.71. The Hall–Kier alpha value is -0.0400. The summed E-state index contributed by atoms with van der Waals surface area (Å²) >= 11 is 0. The topological polar surface area (TPSA) is 20.2 Å². The maximum absolute atomic E-state index is 10.9. The van der Waals surface area contributed by atoms with Crippen LogP contribution in [0.25, 0.3) is 0 Å². The van der Waals surface area contributed by atoms with Gasteiger partial charge in [0.05, 0.1) is 6.10 Å². The van der Waals surface area contributed by atoms with Crippen LogP contribution in [0.15, 0.2) is 0 Å². The van der Waals surface area contributed by atoms with Crippen LogP contribution in [0.4, 0.5) is 0 Å². The van der Waals surface area contributed by atoms with Crippen molar-refractivity contribution in [3.05, 3.63) is 0 Å². The van der Waals surface area contributed by atoms with Gasteiger partial charge in [-0.25, -0.2) is 0 Å². The third-order valence-corrected chi connectivity index (χ3v) is 14.0. The molecule has 0 bridgehead atoms. The van der Waals surface area contributed by atoms with E-state index in [1.165, 1.54) is 57.8 Å². The Balaban J connectivity index is 1.55. The minimum atomic E-state index is -0.114. The lowest BCUT2D eigenvalue weighted by atomic mass is 9.30. The Morgan fingerprint density at radius 1 is 0.562 bits per heavy atom. The van der Waals surface area contributed by atoms with E-state index in [4.69, 9.17) is 0 Å². The van der Waals surface area contributed by atoms with E-state index in [2.05, 4.69) is 62.3 Å². The molecule has 10 atom stereocenters. The average molecular weight is 443 g/mol. The van der Waals surface area contributed by atoms with Crippen molar-refractivity contribution in [1.29, 1.82) is 0 Å². The molecule has 5 rings (SSSR count). The standard InChI is InChI=1S/C31H54O/c1-20-18-26(2,3)21-12-16-31(9)24(29(21,7)19-20)11-10-23-28(6)15-14-25(32)27(4,5)22(28)13-17-30(23,31)8/h20-25,32H,10-19H2,1-9H3/t20?,21-,22-,23+,24+,25?,28-,29-,30+,31+/m0/s1. The highest BCUT2D eigenvalue weighted by Crippen LogP contribution is 2.78. The van der Waals surface area contributed by atoms with Gasteiger partial charge in [-0.05, 0) is 126 Å². The maximum Gasteiger partial charge on any atom is 0.0594 e. The number of hydrogen-bond acceptors (Lipinski definition) is 1. The number of rotatable bonds is 0. The Morgan fingerprint density at radius 2 is 1.09 bits per heavy atom. The van der Waals surface area contributed by atoms with E-state index in [0.29, 0.717) is 33.0 Å². The molecule has 0 aromatic rings. The summed E-state index contributed by atoms with van der Waals surface area (Å²) in [5.41, 5.74) is 2.42. The van der Waals surface area contributed by atoms with Gasteiger partial charge in [0, 0.05) is 0 Å². The van der Waals surface area contributed by atoms with Crippen molar-refractivity contribution >= 4 is 0 Å². The van der Waals surface area contributed by atoms with Gasteiger partial charge in [-0.3, -0.25) is 0 Å². The van der Waals surface area contributed by atoms with Crippen LogP contribution in [0.2, 0.25) is 0 Å². The fourth-order valence-corrected chi connectivity index (χ4v) is 12.9. The van der Waals surface area contributed by atoms with Crippen LogP contribution in [-0.4, -0.2) is 11.2 Å². The Bertz CT molecular complexity index is 766. The van der Waals surface area contributed by atoms with Crippen LogP contribution in [0.3, 0.4) is 0 Å². The highest BCUT2D eigenvalue weighted by molar-refractivity contribution is 5.19. The van der Waals surface area contributed by atoms with E-state index < -0.39 is 0 Å². The summed E-state index contributed by atoms with van der Waals surface area (Å²) in [6, 6.07) is 0. The Labute approximate surface area is 199 Å². The molecule has 1 heteroatoms. The van der Waals surface area contributed by atoms with E-state index in [0.717, 1.165) is 30.1 Å². The highest BCUT2D eigenvalue weighted by atomic mass is 16.3. The fourth-order valence-electron chi connectivity index (χ4n) is 12.9. The summed E-state index contributed by atoms with van der Waals surface area (Å²) in [5, 5.41) is 10.9. The van der Waals surface area contributed by atoms with Crippen LogP contribution < -0.4 is 0 Å². The molecular weight excluding hydrogens is 388 g/mol. The van der Waals surface area contributed by atoms with Crippen molar-refractivity contribution in [1.82, 2.24) is 0 Å². The molecule has 1 N–H and O–H groups in total. The zero-order chi connectivity index (χ0) is 23.5. The first-order chi connectivity index (χ1) is 14.6. The van der Waals surface area contributed by atoms with E-state index in [1.807, 2.05) is 0 Å². The molecule has 184 valence electrons. The second-order valence-electron chi connectivity index (χ2n) is 16.1. The molecule has 0 saturated heterocycles. The van der Waals surface area contributed by atoms with Crippen molar-refractivity contribution in [3.8, 4) is 0 Å². The monoisotopic (exact) mass is 442 g/mol. The Morgan fingerprint density at radius 3 is 1.69 bits per heavy atom. The lowest BCUT2D eigenvalue weighted by molar-refractivity contribution is -0.266. The van der Waals surface area contributed by atoms with E-state index in [1.54, 1.807) is 0 Å². The summed E-state index contributed by atoms with van der Waals surface area (Å²) in [5.74, 6) is 4.17. The fraction of sp³-hybridized carbons (Fsp3) is 1.00. The van der Waals surface area contributed by atoms with Gasteiger partial charge >= 0.3 is 0 Å². The van der Waals surface area contributed by atoms with Crippen LogP contribution in [0.1, 0.15) is 127 Å². The van der Waals surface area contributed by atoms with Gasteiger partial charge in [-0.2, -0.15) is 0 Å². The molecule has 0 radical (unpaired) electrons. The minimum Gasteiger partial charge on any atom is -0.393 e. The molecule has 0 heterocycles. The zero-order valence-electron chi connectivity index (χ0n) is 23.0. The number of aliphatic hydroxyl groups is 1. The molecule has 2 unspecified atom stereocenters. The molecule has 0 aromatic heterocycles. The third-order valence-electron chi connectivity index (χ3n) is 14.0. The Kier molecular flexibility index (Phi) is 5.03. The van der Waals surface area contributed by atoms with Gasteiger partial charge in [-0.15, -0.1) is 0 Å². The molecule has 5 saturated carbocycles. The quantitative estimate of drug-likeness (QED) is 0.398. The first-order valence-corrected chi connectivity index (χ1v) is 14.3. The van der Waals surface area contributed by atoms with Crippen molar-refractivity contribution in [2.75, 3.05) is 0 Å². The molecule has 5 aliphatic carbocycles. The van der Waals surface area contributed by atoms with Crippen molar-refractivity contribution in [3.63, 3.8) is 0 Å². The second-order valence-corrected chi connectivity index (χ2v) is 16.1. The van der Waals surface area contributed by atoms with Crippen LogP contribution in [-0.2, 0) is 0 Å². The van der Waals surface area contributed by atoms with Gasteiger partial charge in [0.2, 0.25) is 0 Å². The van der Waals surface area contributed by atoms with Gasteiger partial charge in [0.15, 0.2) is 0 Å². The van der Waals surface area contributed by atoms with Gasteiger partial charge < -0.3 is 5.11 Å². The van der Waals surface area contributed by atoms with E-state index in [-0.39, 0.29) is 11.5 Å². The van der Waals surface area contributed by atoms with Crippen molar-refractivity contribution in [2.45, 2.75) is 133 Å². The van der Waals surface area contributed by atoms with Crippen LogP contribution in [0.5, 0.6) is 0 Å². The van der Waals surface area contributed by atoms with E-state index in [9.17, 15) is 5.11 Å². The number of aliphatic hydroxyl groups excluding tert-OH is 1. The van der Waals surface area contributed by atoms with Gasteiger partial charge in [-0.1, -0.05) is 62.3 Å². The predicted octanol–water partition coefficient (Wildman–Crippen LogP) is 8.49. The minimum absolute atomic E-state index is 0.0680. The number of hydrogen-bond donors (Lipinski definition) is 1. The zero-order valence-corrected chi connectivity index (χ0v) is 23.0. The molecule has 5 aliphatic rings. The van der Waals surface area contributed by atoms with Gasteiger partial charge in [0.1, 0.15) is 0 Å². The van der Waals surface area contributed by atoms with E-state index >= 15 is 0 Å². The van der Waals surface area contributed by atoms with Crippen LogP contribution >= 0.6 is 0 Å². The first-order valence-electron chi connectivity index (χ1n) is 14.3. The SMILES string of the molecule is CC1CC(C)(C)[C@@H]2CC[C@]3(C)[C@H](CC[C@@H]4[C@@]5(C)CCC(O)C(C)(C)[C@@H]5CC[C@]43C)[C@@]2(C)C1. The molecule has 0 spiro atoms. The summed E-state index contributed by atoms with van der Waals surface area (Å²) in [4.78, 5) is 0. The molecule has 0 aliphatic heterocycles. The smallest absolute Gasteiger partial charge is 0.0594 e. The average Bonchev–Trinajstić information content (AvgIpc) is 2.64. The normalized spacial score (nSPS) is 58.7. The molecular formula is C31H54O. The molecule has 5 fully saturated rings. The van der Waals surface area contributed by atoms with Gasteiger partial charge in [0.25, 0.3) is 0 Å². The predicted molar refractivity (Wildman–Crippen MR) is 135 cm³/mol. The third kappa shape index (κ3) is 2.73. The van der Waals surface area contributed by atoms with Crippen LogP contribution in [0, 0.1) is 62.1 Å². The summed E-state index contributed by atoms with van der Waals surface area (Å²) in [6.45, 7) is 23.4.